The molecule has 0 aromatic heterocycles. The standard InChI is InChI=1S/C28H57NO2/c1-4-7-9-11-14-18-22-27(23-19-15-12-10-8-5-2)31-28(30)24-20-16-13-17-21-26-29-25-6-3/h27,29H,4-26H2,1-3H3. The second-order valence-electron chi connectivity index (χ2n) is 9.49. The van der Waals surface area contributed by atoms with E-state index in [1.54, 1.807) is 0 Å². The van der Waals surface area contributed by atoms with E-state index < -0.39 is 0 Å². The first-order chi connectivity index (χ1) is 15.2. The largest absolute Gasteiger partial charge is 0.462 e. The molecule has 0 amide bonds. The molecule has 1 N–H and O–H groups in total. The number of hydrogen-bond acceptors (Lipinski definition) is 3. The van der Waals surface area contributed by atoms with Gasteiger partial charge in [-0.15, -0.1) is 0 Å². The highest BCUT2D eigenvalue weighted by Gasteiger charge is 2.14. The van der Waals surface area contributed by atoms with Crippen LogP contribution < -0.4 is 5.32 Å². The molecule has 186 valence electrons. The highest BCUT2D eigenvalue weighted by molar-refractivity contribution is 5.69. The molecular formula is C28H57NO2. The maximum absolute atomic E-state index is 12.4. The molecular weight excluding hydrogens is 382 g/mol. The Bertz CT molecular complexity index is 343. The van der Waals surface area contributed by atoms with Gasteiger partial charge in [-0.25, -0.2) is 0 Å². The molecule has 0 atom stereocenters. The van der Waals surface area contributed by atoms with Gasteiger partial charge in [0, 0.05) is 6.42 Å². The number of unbranched alkanes of at least 4 members (excludes halogenated alkanes) is 14. The predicted molar refractivity (Wildman–Crippen MR) is 137 cm³/mol. The van der Waals surface area contributed by atoms with Crippen molar-refractivity contribution in [1.29, 1.82) is 0 Å². The SMILES string of the molecule is CCCCCCCCC(CCCCCCCC)OC(=O)CCCCCCCNCCC. The molecule has 0 saturated carbocycles. The van der Waals surface area contributed by atoms with Crippen LogP contribution in [0.5, 0.6) is 0 Å². The van der Waals surface area contributed by atoms with Crippen LogP contribution >= 0.6 is 0 Å². The van der Waals surface area contributed by atoms with Crippen LogP contribution in [-0.2, 0) is 9.53 Å². The molecule has 0 aliphatic carbocycles. The van der Waals surface area contributed by atoms with Gasteiger partial charge in [-0.2, -0.15) is 0 Å². The van der Waals surface area contributed by atoms with Crippen LogP contribution in [0, 0.1) is 0 Å². The van der Waals surface area contributed by atoms with Gasteiger partial charge in [0.05, 0.1) is 0 Å². The average molecular weight is 440 g/mol. The molecule has 0 bridgehead atoms. The summed E-state index contributed by atoms with van der Waals surface area (Å²) in [5.41, 5.74) is 0. The summed E-state index contributed by atoms with van der Waals surface area (Å²) in [6.45, 7) is 9.00. The minimum absolute atomic E-state index is 0.0478. The third-order valence-corrected chi connectivity index (χ3v) is 6.22. The van der Waals surface area contributed by atoms with Gasteiger partial charge in [0.25, 0.3) is 0 Å². The molecule has 3 heteroatoms. The molecule has 3 nitrogen and oxygen atoms in total. The van der Waals surface area contributed by atoms with Gasteiger partial charge in [0.2, 0.25) is 0 Å². The summed E-state index contributed by atoms with van der Waals surface area (Å²) in [5.74, 6) is 0.0478. The Labute approximate surface area is 195 Å². The van der Waals surface area contributed by atoms with Crippen LogP contribution in [0.25, 0.3) is 0 Å². The molecule has 0 spiro atoms. The molecule has 0 aliphatic heterocycles. The van der Waals surface area contributed by atoms with Crippen LogP contribution in [0.3, 0.4) is 0 Å². The first-order valence-electron chi connectivity index (χ1n) is 14.1. The zero-order valence-electron chi connectivity index (χ0n) is 21.7. The molecule has 0 rings (SSSR count). The number of ether oxygens (including phenoxy) is 1. The van der Waals surface area contributed by atoms with Crippen LogP contribution in [-0.4, -0.2) is 25.2 Å². The quantitative estimate of drug-likeness (QED) is 0.114. The second-order valence-corrected chi connectivity index (χ2v) is 9.49. The summed E-state index contributed by atoms with van der Waals surface area (Å²) in [6.07, 6.45) is 25.7. The third kappa shape index (κ3) is 23.9. The highest BCUT2D eigenvalue weighted by Crippen LogP contribution is 2.18. The molecule has 0 aromatic carbocycles. The van der Waals surface area contributed by atoms with Crippen LogP contribution in [0.2, 0.25) is 0 Å². The van der Waals surface area contributed by atoms with Crippen LogP contribution in [0.15, 0.2) is 0 Å². The lowest BCUT2D eigenvalue weighted by Gasteiger charge is -2.18. The predicted octanol–water partition coefficient (Wildman–Crippen LogP) is 8.74. The zero-order chi connectivity index (χ0) is 22.8. The van der Waals surface area contributed by atoms with E-state index >= 15 is 0 Å². The summed E-state index contributed by atoms with van der Waals surface area (Å²) < 4.78 is 5.93. The van der Waals surface area contributed by atoms with Crippen LogP contribution in [0.4, 0.5) is 0 Å². The van der Waals surface area contributed by atoms with E-state index in [-0.39, 0.29) is 12.1 Å². The Hall–Kier alpha value is -0.570. The Balaban J connectivity index is 3.94. The Kier molecular flexibility index (Phi) is 25.2. The van der Waals surface area contributed by atoms with Gasteiger partial charge in [0.15, 0.2) is 0 Å². The van der Waals surface area contributed by atoms with Crippen molar-refractivity contribution < 1.29 is 9.53 Å². The molecule has 0 heterocycles. The minimum atomic E-state index is 0.0478. The molecule has 0 saturated heterocycles. The normalized spacial score (nSPS) is 11.4. The summed E-state index contributed by atoms with van der Waals surface area (Å²) in [6, 6.07) is 0. The zero-order valence-corrected chi connectivity index (χ0v) is 21.7. The smallest absolute Gasteiger partial charge is 0.306 e. The van der Waals surface area contributed by atoms with E-state index in [1.165, 1.54) is 103 Å². The van der Waals surface area contributed by atoms with Gasteiger partial charge in [0.1, 0.15) is 6.10 Å². The van der Waals surface area contributed by atoms with E-state index in [2.05, 4.69) is 26.1 Å². The Morgan fingerprint density at radius 3 is 1.61 bits per heavy atom. The number of hydrogen-bond donors (Lipinski definition) is 1. The van der Waals surface area contributed by atoms with Gasteiger partial charge in [-0.1, -0.05) is 104 Å². The molecule has 0 unspecified atom stereocenters. The van der Waals surface area contributed by atoms with E-state index in [0.717, 1.165) is 38.8 Å². The van der Waals surface area contributed by atoms with Gasteiger partial charge >= 0.3 is 5.97 Å². The van der Waals surface area contributed by atoms with E-state index in [4.69, 9.17) is 4.74 Å². The van der Waals surface area contributed by atoms with E-state index in [1.807, 2.05) is 0 Å². The van der Waals surface area contributed by atoms with Gasteiger partial charge < -0.3 is 10.1 Å². The first kappa shape index (κ1) is 30.4. The number of rotatable bonds is 25. The maximum atomic E-state index is 12.4. The fourth-order valence-electron chi connectivity index (χ4n) is 4.16. The maximum Gasteiger partial charge on any atom is 0.306 e. The van der Waals surface area contributed by atoms with Crippen molar-refractivity contribution in [2.45, 2.75) is 162 Å². The molecule has 0 aromatic rings. The monoisotopic (exact) mass is 439 g/mol. The minimum Gasteiger partial charge on any atom is -0.462 e. The number of esters is 1. The number of carbonyl (C=O) groups excluding carboxylic acids is 1. The lowest BCUT2D eigenvalue weighted by atomic mass is 10.0. The van der Waals surface area contributed by atoms with Gasteiger partial charge in [-0.05, 0) is 58.0 Å². The van der Waals surface area contributed by atoms with Crippen molar-refractivity contribution in [2.75, 3.05) is 13.1 Å². The molecule has 0 radical (unpaired) electrons. The first-order valence-corrected chi connectivity index (χ1v) is 14.1. The summed E-state index contributed by atoms with van der Waals surface area (Å²) in [5, 5.41) is 3.45. The summed E-state index contributed by atoms with van der Waals surface area (Å²) in [4.78, 5) is 12.4. The highest BCUT2D eigenvalue weighted by atomic mass is 16.5. The van der Waals surface area contributed by atoms with Crippen molar-refractivity contribution in [2.24, 2.45) is 0 Å². The third-order valence-electron chi connectivity index (χ3n) is 6.22. The number of carbonyl (C=O) groups is 1. The van der Waals surface area contributed by atoms with Crippen LogP contribution in [0.1, 0.15) is 156 Å². The lowest BCUT2D eigenvalue weighted by molar-refractivity contribution is -0.150. The molecule has 0 aliphatic rings. The van der Waals surface area contributed by atoms with E-state index in [9.17, 15) is 4.79 Å². The topological polar surface area (TPSA) is 38.3 Å². The fourth-order valence-corrected chi connectivity index (χ4v) is 4.16. The lowest BCUT2D eigenvalue weighted by Crippen LogP contribution is -2.18. The van der Waals surface area contributed by atoms with Gasteiger partial charge in [-0.3, -0.25) is 4.79 Å². The van der Waals surface area contributed by atoms with Crippen molar-refractivity contribution in [3.63, 3.8) is 0 Å². The second kappa shape index (κ2) is 25.7. The van der Waals surface area contributed by atoms with Crippen molar-refractivity contribution in [1.82, 2.24) is 5.32 Å². The average Bonchev–Trinajstić information content (AvgIpc) is 2.77. The number of nitrogens with one attached hydrogen (secondary N) is 1. The summed E-state index contributed by atoms with van der Waals surface area (Å²) >= 11 is 0. The van der Waals surface area contributed by atoms with Crippen molar-refractivity contribution >= 4 is 5.97 Å². The molecule has 0 fully saturated rings. The van der Waals surface area contributed by atoms with E-state index in [0.29, 0.717) is 6.42 Å². The van der Waals surface area contributed by atoms with Crippen molar-refractivity contribution in [3.8, 4) is 0 Å². The fraction of sp³-hybridized carbons (Fsp3) is 0.964. The van der Waals surface area contributed by atoms with Crippen molar-refractivity contribution in [3.05, 3.63) is 0 Å². The molecule has 31 heavy (non-hydrogen) atoms. The Morgan fingerprint density at radius 2 is 1.06 bits per heavy atom. The Morgan fingerprint density at radius 1 is 0.581 bits per heavy atom. The summed E-state index contributed by atoms with van der Waals surface area (Å²) in [7, 11) is 0.